The molecule has 0 radical (unpaired) electrons. The van der Waals surface area contributed by atoms with Gasteiger partial charge in [-0.15, -0.1) is 21.5 Å². The van der Waals surface area contributed by atoms with E-state index in [-0.39, 0.29) is 6.10 Å². The highest BCUT2D eigenvalue weighted by molar-refractivity contribution is 7.98. The normalized spacial score (nSPS) is 16.5. The van der Waals surface area contributed by atoms with Crippen molar-refractivity contribution in [2.45, 2.75) is 36.4 Å². The summed E-state index contributed by atoms with van der Waals surface area (Å²) in [4.78, 5) is 1.12. The summed E-state index contributed by atoms with van der Waals surface area (Å²) in [5.74, 6) is 2.36. The fourth-order valence-electron chi connectivity index (χ4n) is 3.40. The van der Waals surface area contributed by atoms with Gasteiger partial charge in [0.25, 0.3) is 0 Å². The topological polar surface area (TPSA) is 66.0 Å². The monoisotopic (exact) mass is 424 g/mol. The van der Waals surface area contributed by atoms with Gasteiger partial charge in [0.15, 0.2) is 16.7 Å². The number of aromatic nitrogens is 4. The molecule has 8 heteroatoms. The smallest absolute Gasteiger partial charge is 0.191 e. The summed E-state index contributed by atoms with van der Waals surface area (Å²) in [5, 5.41) is 16.1. The maximum absolute atomic E-state index is 5.86. The summed E-state index contributed by atoms with van der Waals surface area (Å²) >= 11 is 3.30. The molecule has 1 fully saturated rings. The first-order valence-corrected chi connectivity index (χ1v) is 11.5. The van der Waals surface area contributed by atoms with Crippen LogP contribution in [0.3, 0.4) is 0 Å². The van der Waals surface area contributed by atoms with E-state index in [9.17, 15) is 0 Å². The summed E-state index contributed by atoms with van der Waals surface area (Å²) in [5.41, 5.74) is 1.91. The molecule has 1 saturated heterocycles. The Bertz CT molecular complexity index is 1050. The molecule has 4 heterocycles. The Kier molecular flexibility index (Phi) is 5.47. The van der Waals surface area contributed by atoms with Crippen LogP contribution in [0.4, 0.5) is 0 Å². The van der Waals surface area contributed by atoms with Crippen LogP contribution in [-0.4, -0.2) is 32.6 Å². The van der Waals surface area contributed by atoms with E-state index >= 15 is 0 Å². The highest BCUT2D eigenvalue weighted by Gasteiger charge is 2.22. The molecule has 0 spiro atoms. The van der Waals surface area contributed by atoms with E-state index in [1.807, 2.05) is 42.5 Å². The van der Waals surface area contributed by atoms with E-state index in [0.717, 1.165) is 58.9 Å². The largest absolute Gasteiger partial charge is 0.376 e. The second-order valence-electron chi connectivity index (χ2n) is 6.87. The standard InChI is InChI=1S/C21H20N4O2S2/c1-2-6-15(7-3-1)18-12-16(24-27-18)14-29-21-23-22-20(19-9-5-11-28-19)25(21)13-17-8-4-10-26-17/h1-3,5-7,9,11-12,17H,4,8,10,13-14H2/t17-/m0/s1. The molecule has 0 aliphatic carbocycles. The SMILES string of the molecule is c1ccc(-c2cc(CSc3nnc(-c4cccs4)n3C[C@@H]3CCCO3)no2)cc1. The fourth-order valence-corrected chi connectivity index (χ4v) is 4.94. The maximum atomic E-state index is 5.86. The number of hydrogen-bond donors (Lipinski definition) is 0. The van der Waals surface area contributed by atoms with Gasteiger partial charge in [0, 0.05) is 24.0 Å². The van der Waals surface area contributed by atoms with Crippen molar-refractivity contribution in [3.63, 3.8) is 0 Å². The molecule has 5 rings (SSSR count). The molecule has 29 heavy (non-hydrogen) atoms. The number of hydrogen-bond acceptors (Lipinski definition) is 7. The van der Waals surface area contributed by atoms with Gasteiger partial charge in [0.2, 0.25) is 0 Å². The lowest BCUT2D eigenvalue weighted by atomic mass is 10.2. The predicted molar refractivity (Wildman–Crippen MR) is 114 cm³/mol. The van der Waals surface area contributed by atoms with Crippen molar-refractivity contribution in [2.75, 3.05) is 6.61 Å². The summed E-state index contributed by atoms with van der Waals surface area (Å²) in [6.45, 7) is 1.61. The molecule has 0 N–H and O–H groups in total. The van der Waals surface area contributed by atoms with Gasteiger partial charge in [-0.2, -0.15) is 0 Å². The Morgan fingerprint density at radius 1 is 1.14 bits per heavy atom. The number of rotatable bonds is 7. The number of thioether (sulfide) groups is 1. The van der Waals surface area contributed by atoms with Crippen LogP contribution in [0, 0.1) is 0 Å². The predicted octanol–water partition coefficient (Wildman–Crippen LogP) is 5.13. The first kappa shape index (κ1) is 18.6. The molecular formula is C21H20N4O2S2. The zero-order valence-electron chi connectivity index (χ0n) is 15.7. The number of benzene rings is 1. The second kappa shape index (κ2) is 8.52. The highest BCUT2D eigenvalue weighted by atomic mass is 32.2. The highest BCUT2D eigenvalue weighted by Crippen LogP contribution is 2.31. The average molecular weight is 425 g/mol. The van der Waals surface area contributed by atoms with Gasteiger partial charge in [-0.1, -0.05) is 53.3 Å². The lowest BCUT2D eigenvalue weighted by molar-refractivity contribution is 0.0953. The molecule has 1 atom stereocenters. The molecule has 1 aromatic carbocycles. The number of thiophene rings is 1. The van der Waals surface area contributed by atoms with Crippen LogP contribution < -0.4 is 0 Å². The molecule has 1 aliphatic heterocycles. The van der Waals surface area contributed by atoms with Gasteiger partial charge in [-0.3, -0.25) is 4.57 Å². The van der Waals surface area contributed by atoms with E-state index in [1.165, 1.54) is 0 Å². The minimum atomic E-state index is 0.223. The summed E-state index contributed by atoms with van der Waals surface area (Å²) in [7, 11) is 0. The molecule has 1 aliphatic rings. The van der Waals surface area contributed by atoms with Gasteiger partial charge in [-0.25, -0.2) is 0 Å². The molecule has 0 unspecified atom stereocenters. The zero-order valence-corrected chi connectivity index (χ0v) is 17.4. The van der Waals surface area contributed by atoms with Crippen molar-refractivity contribution in [1.29, 1.82) is 0 Å². The van der Waals surface area contributed by atoms with Crippen molar-refractivity contribution >= 4 is 23.1 Å². The van der Waals surface area contributed by atoms with Crippen LogP contribution in [0.2, 0.25) is 0 Å². The lowest BCUT2D eigenvalue weighted by Crippen LogP contribution is -2.16. The van der Waals surface area contributed by atoms with Crippen molar-refractivity contribution in [1.82, 2.24) is 19.9 Å². The van der Waals surface area contributed by atoms with Crippen molar-refractivity contribution in [2.24, 2.45) is 0 Å². The van der Waals surface area contributed by atoms with Crippen LogP contribution in [-0.2, 0) is 17.0 Å². The van der Waals surface area contributed by atoms with Crippen molar-refractivity contribution in [3.8, 4) is 22.0 Å². The average Bonchev–Trinajstić information content (AvgIpc) is 3.54. The Morgan fingerprint density at radius 3 is 2.86 bits per heavy atom. The minimum absolute atomic E-state index is 0.223. The molecular weight excluding hydrogens is 404 g/mol. The van der Waals surface area contributed by atoms with Crippen LogP contribution in [0.15, 0.2) is 63.6 Å². The van der Waals surface area contributed by atoms with E-state index in [0.29, 0.717) is 5.75 Å². The Hall–Kier alpha value is -2.42. The first-order valence-electron chi connectivity index (χ1n) is 9.59. The number of ether oxygens (including phenoxy) is 1. The van der Waals surface area contributed by atoms with Crippen LogP contribution >= 0.6 is 23.1 Å². The molecule has 6 nitrogen and oxygen atoms in total. The van der Waals surface area contributed by atoms with Gasteiger partial charge in [0.05, 0.1) is 23.2 Å². The van der Waals surface area contributed by atoms with Gasteiger partial charge >= 0.3 is 0 Å². The zero-order chi connectivity index (χ0) is 19.5. The second-order valence-corrected chi connectivity index (χ2v) is 8.76. The quantitative estimate of drug-likeness (QED) is 0.383. The van der Waals surface area contributed by atoms with Gasteiger partial charge in [0.1, 0.15) is 0 Å². The van der Waals surface area contributed by atoms with Crippen LogP contribution in [0.25, 0.3) is 22.0 Å². The number of nitrogens with zero attached hydrogens (tertiary/aromatic N) is 4. The summed E-state index contributed by atoms with van der Waals surface area (Å²) in [6.07, 6.45) is 2.42. The van der Waals surface area contributed by atoms with Crippen molar-refractivity contribution < 1.29 is 9.26 Å². The molecule has 148 valence electrons. The molecule has 4 aromatic rings. The van der Waals surface area contributed by atoms with Crippen molar-refractivity contribution in [3.05, 3.63) is 59.6 Å². The minimum Gasteiger partial charge on any atom is -0.376 e. The molecule has 0 amide bonds. The third-order valence-electron chi connectivity index (χ3n) is 4.84. The molecule has 0 bridgehead atoms. The third kappa shape index (κ3) is 4.14. The summed E-state index contributed by atoms with van der Waals surface area (Å²) < 4.78 is 13.6. The molecule has 3 aromatic heterocycles. The third-order valence-corrected chi connectivity index (χ3v) is 6.70. The summed E-state index contributed by atoms with van der Waals surface area (Å²) in [6, 6.07) is 16.1. The first-order chi connectivity index (χ1) is 14.4. The molecule has 0 saturated carbocycles. The van der Waals surface area contributed by atoms with E-state index in [4.69, 9.17) is 9.26 Å². The van der Waals surface area contributed by atoms with E-state index in [1.54, 1.807) is 23.1 Å². The lowest BCUT2D eigenvalue weighted by Gasteiger charge is -2.13. The maximum Gasteiger partial charge on any atom is 0.191 e. The van der Waals surface area contributed by atoms with Crippen LogP contribution in [0.1, 0.15) is 18.5 Å². The van der Waals surface area contributed by atoms with Gasteiger partial charge in [-0.05, 0) is 24.3 Å². The van der Waals surface area contributed by atoms with E-state index in [2.05, 4.69) is 31.4 Å². The van der Waals surface area contributed by atoms with E-state index < -0.39 is 0 Å². The Labute approximate surface area is 176 Å². The Morgan fingerprint density at radius 2 is 2.07 bits per heavy atom. The fraction of sp³-hybridized carbons (Fsp3) is 0.286. The van der Waals surface area contributed by atoms with Crippen LogP contribution in [0.5, 0.6) is 0 Å². The van der Waals surface area contributed by atoms with Gasteiger partial charge < -0.3 is 9.26 Å². The Balaban J connectivity index is 1.35.